The maximum Gasteiger partial charge on any atom is 0.328 e. The maximum atomic E-state index is 13.6. The third-order valence-corrected chi connectivity index (χ3v) is 2.84. The second kappa shape index (κ2) is 7.58. The average Bonchev–Trinajstić information content (AvgIpc) is 2.35. The highest BCUT2D eigenvalue weighted by molar-refractivity contribution is 7.98. The molecule has 0 bridgehead atoms. The van der Waals surface area contributed by atoms with Gasteiger partial charge in [0.25, 0.3) is 0 Å². The van der Waals surface area contributed by atoms with Crippen molar-refractivity contribution in [2.24, 2.45) is 0 Å². The van der Waals surface area contributed by atoms with E-state index in [4.69, 9.17) is 5.11 Å². The Morgan fingerprint density at radius 3 is 2.79 bits per heavy atom. The number of nitrogens with one attached hydrogen (secondary N) is 1. The van der Waals surface area contributed by atoms with Crippen molar-refractivity contribution in [3.63, 3.8) is 0 Å². The lowest BCUT2D eigenvalue weighted by atomic mass is 10.1. The van der Waals surface area contributed by atoms with Gasteiger partial charge in [-0.05, 0) is 30.5 Å². The van der Waals surface area contributed by atoms with Crippen molar-refractivity contribution >= 4 is 35.4 Å². The van der Waals surface area contributed by atoms with Gasteiger partial charge in [0.1, 0.15) is 5.82 Å². The van der Waals surface area contributed by atoms with Crippen molar-refractivity contribution in [1.82, 2.24) is 0 Å². The number of anilines is 1. The van der Waals surface area contributed by atoms with E-state index in [0.29, 0.717) is 17.9 Å². The molecule has 1 aromatic carbocycles. The molecule has 0 aliphatic carbocycles. The zero-order chi connectivity index (χ0) is 14.3. The first-order valence-electron chi connectivity index (χ1n) is 5.52. The van der Waals surface area contributed by atoms with Crippen LogP contribution in [0.25, 0.3) is 6.08 Å². The lowest BCUT2D eigenvalue weighted by Crippen LogP contribution is -2.12. The number of aliphatic carboxylic acids is 1. The molecule has 0 heterocycles. The fourth-order valence-electron chi connectivity index (χ4n) is 1.32. The number of benzene rings is 1. The topological polar surface area (TPSA) is 66.4 Å². The molecule has 0 saturated heterocycles. The molecule has 4 nitrogen and oxygen atoms in total. The normalized spacial score (nSPS) is 10.6. The molecule has 0 aliphatic rings. The summed E-state index contributed by atoms with van der Waals surface area (Å²) in [5.41, 5.74) is 0.514. The SMILES string of the molecule is CSCCC(=O)Nc1ccc(C=CC(=O)O)c(F)c1. The number of halogens is 1. The molecule has 1 amide bonds. The van der Waals surface area contributed by atoms with Gasteiger partial charge in [0.15, 0.2) is 0 Å². The first-order valence-corrected chi connectivity index (χ1v) is 6.91. The molecule has 0 aliphatic heterocycles. The molecule has 0 fully saturated rings. The number of amides is 1. The minimum absolute atomic E-state index is 0.157. The Bertz CT molecular complexity index is 503. The van der Waals surface area contributed by atoms with Crippen LogP contribution in [0.15, 0.2) is 24.3 Å². The van der Waals surface area contributed by atoms with E-state index in [1.165, 1.54) is 18.2 Å². The first-order chi connectivity index (χ1) is 9.02. The van der Waals surface area contributed by atoms with Crippen LogP contribution in [0.2, 0.25) is 0 Å². The van der Waals surface area contributed by atoms with Gasteiger partial charge in [-0.3, -0.25) is 4.79 Å². The molecular formula is C13H14FNO3S. The summed E-state index contributed by atoms with van der Waals surface area (Å²) in [6.07, 6.45) is 4.28. The Hall–Kier alpha value is -1.82. The number of hydrogen-bond acceptors (Lipinski definition) is 3. The molecule has 0 saturated carbocycles. The van der Waals surface area contributed by atoms with Gasteiger partial charge in [-0.1, -0.05) is 0 Å². The van der Waals surface area contributed by atoms with E-state index in [2.05, 4.69) is 5.32 Å². The van der Waals surface area contributed by atoms with Crippen LogP contribution in [-0.4, -0.2) is 29.0 Å². The number of rotatable bonds is 6. The van der Waals surface area contributed by atoms with Gasteiger partial charge >= 0.3 is 5.97 Å². The van der Waals surface area contributed by atoms with Crippen LogP contribution in [-0.2, 0) is 9.59 Å². The van der Waals surface area contributed by atoms with Crippen LogP contribution >= 0.6 is 11.8 Å². The summed E-state index contributed by atoms with van der Waals surface area (Å²) in [6, 6.07) is 4.11. The fourth-order valence-corrected chi connectivity index (χ4v) is 1.71. The van der Waals surface area contributed by atoms with Gasteiger partial charge in [0, 0.05) is 29.5 Å². The Morgan fingerprint density at radius 2 is 2.21 bits per heavy atom. The van der Waals surface area contributed by atoms with Crippen molar-refractivity contribution in [2.45, 2.75) is 6.42 Å². The van der Waals surface area contributed by atoms with E-state index in [-0.39, 0.29) is 11.5 Å². The summed E-state index contributed by atoms with van der Waals surface area (Å²) in [5.74, 6) is -1.20. The molecule has 0 unspecified atom stereocenters. The monoisotopic (exact) mass is 283 g/mol. The summed E-state index contributed by atoms with van der Waals surface area (Å²) in [4.78, 5) is 21.8. The van der Waals surface area contributed by atoms with Crippen LogP contribution in [0.1, 0.15) is 12.0 Å². The fraction of sp³-hybridized carbons (Fsp3) is 0.231. The zero-order valence-corrected chi connectivity index (χ0v) is 11.2. The van der Waals surface area contributed by atoms with Crippen molar-refractivity contribution < 1.29 is 19.1 Å². The van der Waals surface area contributed by atoms with E-state index < -0.39 is 11.8 Å². The Morgan fingerprint density at radius 1 is 1.47 bits per heavy atom. The summed E-state index contributed by atoms with van der Waals surface area (Å²) >= 11 is 1.56. The first kappa shape index (κ1) is 15.2. The zero-order valence-electron chi connectivity index (χ0n) is 10.4. The highest BCUT2D eigenvalue weighted by atomic mass is 32.2. The highest BCUT2D eigenvalue weighted by Crippen LogP contribution is 2.16. The predicted octanol–water partition coefficient (Wildman–Crippen LogP) is 2.62. The molecule has 6 heteroatoms. The molecule has 0 spiro atoms. The van der Waals surface area contributed by atoms with E-state index in [1.807, 2.05) is 6.26 Å². The number of carboxylic acid groups (broad SMARTS) is 1. The van der Waals surface area contributed by atoms with Gasteiger partial charge in [0.2, 0.25) is 5.91 Å². The third kappa shape index (κ3) is 5.56. The summed E-state index contributed by atoms with van der Waals surface area (Å²) in [6.45, 7) is 0. The van der Waals surface area contributed by atoms with Crippen molar-refractivity contribution in [3.8, 4) is 0 Å². The molecule has 0 radical (unpaired) electrons. The largest absolute Gasteiger partial charge is 0.478 e. The van der Waals surface area contributed by atoms with Gasteiger partial charge in [-0.15, -0.1) is 0 Å². The van der Waals surface area contributed by atoms with Crippen LogP contribution in [0.5, 0.6) is 0 Å². The van der Waals surface area contributed by atoms with Gasteiger partial charge in [-0.25, -0.2) is 9.18 Å². The van der Waals surface area contributed by atoms with Gasteiger partial charge in [0.05, 0.1) is 0 Å². The predicted molar refractivity (Wildman–Crippen MR) is 74.7 cm³/mol. The molecule has 102 valence electrons. The quantitative estimate of drug-likeness (QED) is 0.788. The molecule has 19 heavy (non-hydrogen) atoms. The molecular weight excluding hydrogens is 269 g/mol. The smallest absolute Gasteiger partial charge is 0.328 e. The van der Waals surface area contributed by atoms with Crippen molar-refractivity contribution in [1.29, 1.82) is 0 Å². The minimum atomic E-state index is -1.14. The number of carbonyl (C=O) groups is 2. The van der Waals surface area contributed by atoms with E-state index in [1.54, 1.807) is 11.8 Å². The number of thioether (sulfide) groups is 1. The van der Waals surface area contributed by atoms with Crippen LogP contribution in [0, 0.1) is 5.82 Å². The Kier molecular flexibility index (Phi) is 6.08. The van der Waals surface area contributed by atoms with Crippen molar-refractivity contribution in [2.75, 3.05) is 17.3 Å². The molecule has 0 atom stereocenters. The van der Waals surface area contributed by atoms with Crippen molar-refractivity contribution in [3.05, 3.63) is 35.7 Å². The Balaban J connectivity index is 2.71. The lowest BCUT2D eigenvalue weighted by molar-refractivity contribution is -0.131. The van der Waals surface area contributed by atoms with E-state index in [9.17, 15) is 14.0 Å². The van der Waals surface area contributed by atoms with E-state index in [0.717, 1.165) is 12.2 Å². The number of carbonyl (C=O) groups excluding carboxylic acids is 1. The van der Waals surface area contributed by atoms with Crippen LogP contribution < -0.4 is 5.32 Å². The summed E-state index contributed by atoms with van der Waals surface area (Å²) in [5, 5.41) is 11.0. The minimum Gasteiger partial charge on any atom is -0.478 e. The van der Waals surface area contributed by atoms with E-state index >= 15 is 0 Å². The molecule has 1 rings (SSSR count). The second-order valence-corrected chi connectivity index (χ2v) is 4.68. The standard InChI is InChI=1S/C13H14FNO3S/c1-19-7-6-12(16)15-10-4-2-9(11(14)8-10)3-5-13(17)18/h2-5,8H,6-7H2,1H3,(H,15,16)(H,17,18). The average molecular weight is 283 g/mol. The number of carboxylic acids is 1. The summed E-state index contributed by atoms with van der Waals surface area (Å²) < 4.78 is 13.6. The van der Waals surface area contributed by atoms with Gasteiger partial charge in [-0.2, -0.15) is 11.8 Å². The molecule has 0 aromatic heterocycles. The third-order valence-electron chi connectivity index (χ3n) is 2.22. The second-order valence-electron chi connectivity index (χ2n) is 3.70. The maximum absolute atomic E-state index is 13.6. The van der Waals surface area contributed by atoms with Gasteiger partial charge < -0.3 is 10.4 Å². The Labute approximate surface area is 114 Å². The summed E-state index contributed by atoms with van der Waals surface area (Å²) in [7, 11) is 0. The number of hydrogen-bond donors (Lipinski definition) is 2. The van der Waals surface area contributed by atoms with Crippen LogP contribution in [0.4, 0.5) is 10.1 Å². The molecule has 1 aromatic rings. The van der Waals surface area contributed by atoms with Crippen LogP contribution in [0.3, 0.4) is 0 Å². The lowest BCUT2D eigenvalue weighted by Gasteiger charge is -2.06. The molecule has 2 N–H and O–H groups in total. The highest BCUT2D eigenvalue weighted by Gasteiger charge is 2.05.